The number of hydrogen-bond donors (Lipinski definition) is 1. The summed E-state index contributed by atoms with van der Waals surface area (Å²) in [6.45, 7) is 2.59. The first-order valence-corrected chi connectivity index (χ1v) is 7.27. The van der Waals surface area contributed by atoms with E-state index in [1.807, 2.05) is 6.92 Å². The Bertz CT molecular complexity index is 690. The Morgan fingerprint density at radius 3 is 3.00 bits per heavy atom. The predicted molar refractivity (Wildman–Crippen MR) is 81.8 cm³/mol. The molecule has 4 nitrogen and oxygen atoms in total. The van der Waals surface area contributed by atoms with Crippen molar-refractivity contribution in [3.05, 3.63) is 48.5 Å². The van der Waals surface area contributed by atoms with Crippen LogP contribution in [0.3, 0.4) is 0 Å². The number of nitrogens with zero attached hydrogens (tertiary/aromatic N) is 1. The highest BCUT2D eigenvalue weighted by molar-refractivity contribution is 5.98. The van der Waals surface area contributed by atoms with Crippen molar-refractivity contribution in [2.45, 2.75) is 19.4 Å². The third-order valence-corrected chi connectivity index (χ3v) is 3.86. The smallest absolute Gasteiger partial charge is 0.253 e. The van der Waals surface area contributed by atoms with E-state index in [2.05, 4.69) is 10.3 Å². The average Bonchev–Trinajstić information content (AvgIpc) is 2.94. The quantitative estimate of drug-likeness (QED) is 0.946. The van der Waals surface area contributed by atoms with E-state index in [9.17, 15) is 9.18 Å². The molecule has 1 amide bonds. The van der Waals surface area contributed by atoms with Crippen LogP contribution in [0.1, 0.15) is 13.3 Å². The van der Waals surface area contributed by atoms with Crippen molar-refractivity contribution >= 4 is 11.6 Å². The molecule has 0 spiro atoms. The van der Waals surface area contributed by atoms with E-state index in [4.69, 9.17) is 4.74 Å². The fourth-order valence-electron chi connectivity index (χ4n) is 2.64. The molecule has 2 atom stereocenters. The highest BCUT2D eigenvalue weighted by atomic mass is 19.1. The number of rotatable bonds is 3. The minimum absolute atomic E-state index is 0.185. The molecule has 0 saturated carbocycles. The standard InChI is InChI=1S/C17H17FN2O2/c1-11-6-8-22-16(11)17(21)20-15-10-19-7-5-14(15)12-3-2-4-13(18)9-12/h2-5,7,9-11,16H,6,8H2,1H3,(H,20,21)/t11-,16+/m1/s1. The molecule has 22 heavy (non-hydrogen) atoms. The lowest BCUT2D eigenvalue weighted by Crippen LogP contribution is -2.31. The molecule has 5 heteroatoms. The first-order chi connectivity index (χ1) is 10.6. The Morgan fingerprint density at radius 2 is 2.27 bits per heavy atom. The van der Waals surface area contributed by atoms with E-state index in [1.165, 1.54) is 12.1 Å². The number of carbonyl (C=O) groups excluding carboxylic acids is 1. The van der Waals surface area contributed by atoms with Crippen molar-refractivity contribution in [3.63, 3.8) is 0 Å². The summed E-state index contributed by atoms with van der Waals surface area (Å²) < 4.78 is 18.9. The van der Waals surface area contributed by atoms with Gasteiger partial charge in [0.2, 0.25) is 0 Å². The topological polar surface area (TPSA) is 51.2 Å². The van der Waals surface area contributed by atoms with E-state index in [1.54, 1.807) is 30.6 Å². The zero-order valence-corrected chi connectivity index (χ0v) is 12.3. The second-order valence-corrected chi connectivity index (χ2v) is 5.48. The first kappa shape index (κ1) is 14.7. The monoisotopic (exact) mass is 300 g/mol. The van der Waals surface area contributed by atoms with Gasteiger partial charge in [0.05, 0.1) is 11.9 Å². The van der Waals surface area contributed by atoms with Crippen molar-refractivity contribution in [3.8, 4) is 11.1 Å². The van der Waals surface area contributed by atoms with Crippen LogP contribution in [-0.2, 0) is 9.53 Å². The van der Waals surface area contributed by atoms with E-state index >= 15 is 0 Å². The highest BCUT2D eigenvalue weighted by Crippen LogP contribution is 2.29. The number of aromatic nitrogens is 1. The number of anilines is 1. The van der Waals surface area contributed by atoms with Gasteiger partial charge in [-0.15, -0.1) is 0 Å². The van der Waals surface area contributed by atoms with E-state index in [0.717, 1.165) is 12.0 Å². The van der Waals surface area contributed by atoms with E-state index in [0.29, 0.717) is 17.9 Å². The fraction of sp³-hybridized carbons (Fsp3) is 0.294. The molecule has 0 bridgehead atoms. The van der Waals surface area contributed by atoms with Crippen molar-refractivity contribution in [2.75, 3.05) is 11.9 Å². The SMILES string of the molecule is C[C@@H]1CCO[C@@H]1C(=O)Nc1cnccc1-c1cccc(F)c1. The molecule has 1 aliphatic rings. The third-order valence-electron chi connectivity index (χ3n) is 3.86. The van der Waals surface area contributed by atoms with Crippen LogP contribution >= 0.6 is 0 Å². The lowest BCUT2D eigenvalue weighted by atomic mass is 10.0. The second kappa shape index (κ2) is 6.23. The van der Waals surface area contributed by atoms with Gasteiger partial charge in [0.25, 0.3) is 5.91 Å². The summed E-state index contributed by atoms with van der Waals surface area (Å²) in [4.78, 5) is 16.4. The van der Waals surface area contributed by atoms with Gasteiger partial charge >= 0.3 is 0 Å². The molecule has 0 unspecified atom stereocenters. The van der Waals surface area contributed by atoms with Crippen LogP contribution < -0.4 is 5.32 Å². The molecule has 1 fully saturated rings. The lowest BCUT2D eigenvalue weighted by Gasteiger charge is -2.16. The molecule has 2 aromatic rings. The van der Waals surface area contributed by atoms with Gasteiger partial charge in [-0.1, -0.05) is 19.1 Å². The number of amides is 1. The number of halogens is 1. The molecule has 1 saturated heterocycles. The van der Waals surface area contributed by atoms with E-state index < -0.39 is 6.10 Å². The number of benzene rings is 1. The first-order valence-electron chi connectivity index (χ1n) is 7.27. The Labute approximate surface area is 128 Å². The minimum Gasteiger partial charge on any atom is -0.368 e. The number of hydrogen-bond acceptors (Lipinski definition) is 3. The summed E-state index contributed by atoms with van der Waals surface area (Å²) in [5.74, 6) is -0.315. The largest absolute Gasteiger partial charge is 0.368 e. The lowest BCUT2D eigenvalue weighted by molar-refractivity contribution is -0.126. The second-order valence-electron chi connectivity index (χ2n) is 5.48. The van der Waals surface area contributed by atoms with Gasteiger partial charge in [0.15, 0.2) is 0 Å². The predicted octanol–water partition coefficient (Wildman–Crippen LogP) is 3.25. The van der Waals surface area contributed by atoms with Gasteiger partial charge in [-0.2, -0.15) is 0 Å². The maximum absolute atomic E-state index is 13.4. The number of carbonyl (C=O) groups is 1. The van der Waals surface area contributed by atoms with Crippen molar-refractivity contribution in [2.24, 2.45) is 5.92 Å². The molecule has 114 valence electrons. The molecule has 1 aliphatic heterocycles. The van der Waals surface area contributed by atoms with Gasteiger partial charge < -0.3 is 10.1 Å². The fourth-order valence-corrected chi connectivity index (χ4v) is 2.64. The molecule has 1 aromatic heterocycles. The molecule has 0 radical (unpaired) electrons. The van der Waals surface area contributed by atoms with Crippen molar-refractivity contribution in [1.29, 1.82) is 0 Å². The van der Waals surface area contributed by atoms with Gasteiger partial charge in [-0.05, 0) is 36.1 Å². The summed E-state index contributed by atoms with van der Waals surface area (Å²) in [6, 6.07) is 8.00. The summed E-state index contributed by atoms with van der Waals surface area (Å²) in [7, 11) is 0. The van der Waals surface area contributed by atoms with Crippen LogP contribution in [0.2, 0.25) is 0 Å². The van der Waals surface area contributed by atoms with Gasteiger partial charge in [-0.25, -0.2) is 4.39 Å². The normalized spacial score (nSPS) is 20.8. The van der Waals surface area contributed by atoms with Crippen LogP contribution in [0, 0.1) is 11.7 Å². The van der Waals surface area contributed by atoms with Crippen LogP contribution in [0.25, 0.3) is 11.1 Å². The van der Waals surface area contributed by atoms with Crippen LogP contribution in [0.4, 0.5) is 10.1 Å². The van der Waals surface area contributed by atoms with Crippen molar-refractivity contribution < 1.29 is 13.9 Å². The molecule has 2 heterocycles. The Morgan fingerprint density at radius 1 is 1.41 bits per heavy atom. The Balaban J connectivity index is 1.87. The van der Waals surface area contributed by atoms with Crippen LogP contribution in [0.15, 0.2) is 42.7 Å². The molecular weight excluding hydrogens is 283 g/mol. The zero-order valence-electron chi connectivity index (χ0n) is 12.3. The molecule has 1 N–H and O–H groups in total. The minimum atomic E-state index is -0.444. The van der Waals surface area contributed by atoms with Gasteiger partial charge in [0, 0.05) is 18.4 Å². The average molecular weight is 300 g/mol. The maximum Gasteiger partial charge on any atom is 0.253 e. The van der Waals surface area contributed by atoms with Crippen molar-refractivity contribution in [1.82, 2.24) is 4.98 Å². The molecule has 0 aliphatic carbocycles. The van der Waals surface area contributed by atoms with E-state index in [-0.39, 0.29) is 17.6 Å². The molecule has 3 rings (SSSR count). The van der Waals surface area contributed by atoms with Crippen LogP contribution in [-0.4, -0.2) is 23.6 Å². The number of nitrogens with one attached hydrogen (secondary N) is 1. The number of pyridine rings is 1. The third kappa shape index (κ3) is 2.99. The Kier molecular flexibility index (Phi) is 4.15. The summed E-state index contributed by atoms with van der Waals surface area (Å²) in [5.41, 5.74) is 1.98. The summed E-state index contributed by atoms with van der Waals surface area (Å²) in [6.07, 6.45) is 3.62. The number of ether oxygens (including phenoxy) is 1. The van der Waals surface area contributed by atoms with Crippen LogP contribution in [0.5, 0.6) is 0 Å². The maximum atomic E-state index is 13.4. The highest BCUT2D eigenvalue weighted by Gasteiger charge is 2.31. The zero-order chi connectivity index (χ0) is 15.5. The summed E-state index contributed by atoms with van der Waals surface area (Å²) in [5, 5.41) is 2.85. The summed E-state index contributed by atoms with van der Waals surface area (Å²) >= 11 is 0. The molecule has 1 aromatic carbocycles. The molecular formula is C17H17FN2O2. The van der Waals surface area contributed by atoms with Gasteiger partial charge in [-0.3, -0.25) is 9.78 Å². The van der Waals surface area contributed by atoms with Gasteiger partial charge in [0.1, 0.15) is 11.9 Å². The Hall–Kier alpha value is -2.27.